The van der Waals surface area contributed by atoms with Gasteiger partial charge in [-0.05, 0) is 12.8 Å². The van der Waals surface area contributed by atoms with Crippen LogP contribution in [-0.4, -0.2) is 43.0 Å². The summed E-state index contributed by atoms with van der Waals surface area (Å²) in [5.74, 6) is 2.15. The normalized spacial score (nSPS) is 21.0. The van der Waals surface area contributed by atoms with Crippen LogP contribution in [0.15, 0.2) is 29.9 Å². The lowest BCUT2D eigenvalue weighted by molar-refractivity contribution is 0.0732. The Morgan fingerprint density at radius 3 is 2.95 bits per heavy atom. The van der Waals surface area contributed by atoms with Crippen LogP contribution < -0.4 is 5.32 Å². The first kappa shape index (κ1) is 14.3. The zero-order valence-corrected chi connectivity index (χ0v) is 12.8. The highest BCUT2D eigenvalue weighted by atomic mass is 32.2. The van der Waals surface area contributed by atoms with Gasteiger partial charge in [-0.1, -0.05) is 11.8 Å². The molecule has 7 heteroatoms. The highest BCUT2D eigenvalue weighted by molar-refractivity contribution is 7.99. The minimum Gasteiger partial charge on any atom is -0.393 e. The number of anilines is 1. The Morgan fingerprint density at radius 1 is 1.38 bits per heavy atom. The smallest absolute Gasteiger partial charge is 0.167 e. The van der Waals surface area contributed by atoms with E-state index in [2.05, 4.69) is 20.3 Å². The number of aliphatic hydroxyl groups excluding tert-OH is 1. The third-order valence-corrected chi connectivity index (χ3v) is 4.70. The summed E-state index contributed by atoms with van der Waals surface area (Å²) in [6.07, 6.45) is 6.81. The van der Waals surface area contributed by atoms with Crippen molar-refractivity contribution in [2.24, 2.45) is 7.05 Å². The number of hydrogen-bond donors (Lipinski definition) is 2. The summed E-state index contributed by atoms with van der Waals surface area (Å²) in [5.41, 5.74) is 1.02. The van der Waals surface area contributed by atoms with E-state index in [9.17, 15) is 5.11 Å². The molecule has 21 heavy (non-hydrogen) atoms. The Labute approximate surface area is 128 Å². The van der Waals surface area contributed by atoms with Gasteiger partial charge in [-0.3, -0.25) is 0 Å². The number of aryl methyl sites for hydroxylation is 1. The first-order chi connectivity index (χ1) is 10.2. The summed E-state index contributed by atoms with van der Waals surface area (Å²) in [5, 5.41) is 13.7. The molecule has 6 nitrogen and oxygen atoms in total. The van der Waals surface area contributed by atoms with E-state index in [-0.39, 0.29) is 6.10 Å². The van der Waals surface area contributed by atoms with Crippen LogP contribution in [0.25, 0.3) is 0 Å². The van der Waals surface area contributed by atoms with E-state index in [4.69, 9.17) is 0 Å². The first-order valence-corrected chi connectivity index (χ1v) is 8.05. The molecule has 0 unspecified atom stereocenters. The average molecular weight is 305 g/mol. The van der Waals surface area contributed by atoms with Gasteiger partial charge < -0.3 is 15.0 Å². The van der Waals surface area contributed by atoms with Gasteiger partial charge in [-0.25, -0.2) is 15.0 Å². The number of nitrogens with zero attached hydrogens (tertiary/aromatic N) is 4. The molecule has 1 fully saturated rings. The van der Waals surface area contributed by atoms with Gasteiger partial charge in [0.1, 0.15) is 12.1 Å². The second-order valence-electron chi connectivity index (χ2n) is 5.25. The van der Waals surface area contributed by atoms with Crippen molar-refractivity contribution in [1.29, 1.82) is 0 Å². The van der Waals surface area contributed by atoms with Crippen LogP contribution in [0.3, 0.4) is 0 Å². The van der Waals surface area contributed by atoms with Gasteiger partial charge in [0.15, 0.2) is 5.16 Å². The molecule has 1 saturated carbocycles. The van der Waals surface area contributed by atoms with Crippen molar-refractivity contribution in [2.75, 3.05) is 17.6 Å². The number of rotatable bonds is 6. The fourth-order valence-electron chi connectivity index (χ4n) is 2.33. The Kier molecular flexibility index (Phi) is 4.40. The maximum Gasteiger partial charge on any atom is 0.167 e. The van der Waals surface area contributed by atoms with Crippen molar-refractivity contribution < 1.29 is 5.11 Å². The van der Waals surface area contributed by atoms with Gasteiger partial charge >= 0.3 is 0 Å². The molecule has 0 radical (unpaired) electrons. The molecule has 0 saturated heterocycles. The molecule has 0 amide bonds. The molecular weight excluding hydrogens is 286 g/mol. The topological polar surface area (TPSA) is 75.9 Å². The number of hydrogen-bond acceptors (Lipinski definition) is 6. The zero-order valence-electron chi connectivity index (χ0n) is 11.9. The second-order valence-corrected chi connectivity index (χ2v) is 6.31. The summed E-state index contributed by atoms with van der Waals surface area (Å²) >= 11 is 1.71. The minimum absolute atomic E-state index is 0.157. The van der Waals surface area contributed by atoms with Crippen LogP contribution >= 0.6 is 11.8 Å². The lowest BCUT2D eigenvalue weighted by atomic mass is 9.80. The van der Waals surface area contributed by atoms with Crippen LogP contribution in [-0.2, 0) is 7.05 Å². The number of aromatic nitrogens is 4. The highest BCUT2D eigenvalue weighted by Gasteiger charge is 2.29. The van der Waals surface area contributed by atoms with Crippen molar-refractivity contribution in [3.63, 3.8) is 0 Å². The van der Waals surface area contributed by atoms with Gasteiger partial charge in [-0.2, -0.15) is 0 Å². The van der Waals surface area contributed by atoms with E-state index in [1.165, 1.54) is 0 Å². The van der Waals surface area contributed by atoms with E-state index < -0.39 is 0 Å². The van der Waals surface area contributed by atoms with Crippen molar-refractivity contribution in [3.05, 3.63) is 30.5 Å². The van der Waals surface area contributed by atoms with Crippen molar-refractivity contribution in [2.45, 2.75) is 30.0 Å². The van der Waals surface area contributed by atoms with Gasteiger partial charge in [0.05, 0.1) is 6.10 Å². The van der Waals surface area contributed by atoms with Crippen LogP contribution in [0.1, 0.15) is 24.5 Å². The Bertz CT molecular complexity index is 597. The average Bonchev–Trinajstić information content (AvgIpc) is 2.86. The molecule has 0 aromatic carbocycles. The predicted octanol–water partition coefficient (Wildman–Crippen LogP) is 1.65. The Morgan fingerprint density at radius 2 is 2.24 bits per heavy atom. The molecule has 3 rings (SSSR count). The van der Waals surface area contributed by atoms with Crippen LogP contribution in [0, 0.1) is 0 Å². The lowest BCUT2D eigenvalue weighted by Gasteiger charge is -2.30. The SMILES string of the molecule is Cn1ccnc1SCCNc1cc(C2CC(O)C2)ncn1. The summed E-state index contributed by atoms with van der Waals surface area (Å²) in [6, 6.07) is 1.99. The van der Waals surface area contributed by atoms with Crippen LogP contribution in [0.5, 0.6) is 0 Å². The standard InChI is InChI=1S/C14H19N5OS/c1-19-4-2-16-14(19)21-5-3-15-13-8-12(17-9-18-13)10-6-11(20)7-10/h2,4,8-11,20H,3,5-7H2,1H3,(H,15,17,18). The molecule has 0 bridgehead atoms. The van der Waals surface area contributed by atoms with E-state index in [1.807, 2.05) is 23.9 Å². The summed E-state index contributed by atoms with van der Waals surface area (Å²) in [6.45, 7) is 0.821. The van der Waals surface area contributed by atoms with Crippen LogP contribution in [0.4, 0.5) is 5.82 Å². The van der Waals surface area contributed by atoms with Crippen molar-refractivity contribution >= 4 is 17.6 Å². The Balaban J connectivity index is 1.47. The molecular formula is C14H19N5OS. The van der Waals surface area contributed by atoms with Gasteiger partial charge in [0.2, 0.25) is 0 Å². The summed E-state index contributed by atoms with van der Waals surface area (Å²) < 4.78 is 2.01. The third kappa shape index (κ3) is 3.54. The minimum atomic E-state index is -0.157. The molecule has 2 N–H and O–H groups in total. The number of imidazole rings is 1. The first-order valence-electron chi connectivity index (χ1n) is 7.06. The van der Waals surface area contributed by atoms with E-state index in [1.54, 1.807) is 24.3 Å². The highest BCUT2D eigenvalue weighted by Crippen LogP contribution is 2.35. The fraction of sp³-hybridized carbons (Fsp3) is 0.500. The zero-order chi connectivity index (χ0) is 14.7. The van der Waals surface area contributed by atoms with Gasteiger partial charge in [0, 0.05) is 49.4 Å². The molecule has 1 aliphatic carbocycles. The van der Waals surface area contributed by atoms with Crippen molar-refractivity contribution in [1.82, 2.24) is 19.5 Å². The number of nitrogens with one attached hydrogen (secondary N) is 1. The van der Waals surface area contributed by atoms with E-state index in [0.717, 1.165) is 41.8 Å². The predicted molar refractivity (Wildman–Crippen MR) is 82.4 cm³/mol. The largest absolute Gasteiger partial charge is 0.393 e. The third-order valence-electron chi connectivity index (χ3n) is 3.64. The number of aliphatic hydroxyl groups is 1. The van der Waals surface area contributed by atoms with E-state index in [0.29, 0.717) is 5.92 Å². The van der Waals surface area contributed by atoms with Gasteiger partial charge in [-0.15, -0.1) is 0 Å². The quantitative estimate of drug-likeness (QED) is 0.624. The fourth-order valence-corrected chi connectivity index (χ4v) is 3.12. The maximum absolute atomic E-state index is 9.37. The second kappa shape index (κ2) is 6.44. The van der Waals surface area contributed by atoms with Crippen LogP contribution in [0.2, 0.25) is 0 Å². The molecule has 2 aromatic rings. The molecule has 0 atom stereocenters. The monoisotopic (exact) mass is 305 g/mol. The molecule has 0 spiro atoms. The van der Waals surface area contributed by atoms with Crippen molar-refractivity contribution in [3.8, 4) is 0 Å². The lowest BCUT2D eigenvalue weighted by Crippen LogP contribution is -2.27. The molecule has 2 aromatic heterocycles. The summed E-state index contributed by atoms with van der Waals surface area (Å²) in [7, 11) is 1.99. The maximum atomic E-state index is 9.37. The van der Waals surface area contributed by atoms with Gasteiger partial charge in [0.25, 0.3) is 0 Å². The molecule has 2 heterocycles. The molecule has 112 valence electrons. The summed E-state index contributed by atoms with van der Waals surface area (Å²) in [4.78, 5) is 12.8. The Hall–Kier alpha value is -1.60. The number of thioether (sulfide) groups is 1. The molecule has 1 aliphatic rings. The molecule has 0 aliphatic heterocycles. The van der Waals surface area contributed by atoms with E-state index >= 15 is 0 Å².